The number of nitrogens with two attached hydrogens (primary N) is 1. The molecule has 1 amide bonds. The summed E-state index contributed by atoms with van der Waals surface area (Å²) in [5, 5.41) is 9.98. The minimum Gasteiger partial charge on any atom is -0.396 e. The second-order valence-electron chi connectivity index (χ2n) is 4.92. The van der Waals surface area contributed by atoms with Crippen molar-refractivity contribution in [3.8, 4) is 0 Å². The summed E-state index contributed by atoms with van der Waals surface area (Å²) in [4.78, 5) is 13.7. The third-order valence-corrected chi connectivity index (χ3v) is 3.50. The molecule has 0 spiro atoms. The van der Waals surface area contributed by atoms with Gasteiger partial charge in [0.05, 0.1) is 11.8 Å². The van der Waals surface area contributed by atoms with Gasteiger partial charge in [-0.1, -0.05) is 6.07 Å². The standard InChI is InChI=1S/C14H19FN2O2/c15-11-4-3-10(9-12(11)16)13(18)5-6-14(19)17-7-1-2-8-17/h3-4,9,13,18H,1-2,5-8,16H2. The van der Waals surface area contributed by atoms with Gasteiger partial charge in [-0.05, 0) is 37.0 Å². The van der Waals surface area contributed by atoms with Crippen LogP contribution in [-0.2, 0) is 4.79 Å². The van der Waals surface area contributed by atoms with Gasteiger partial charge in [0.25, 0.3) is 0 Å². The number of likely N-dealkylation sites (tertiary alicyclic amines) is 1. The molecule has 1 atom stereocenters. The average molecular weight is 266 g/mol. The molecule has 3 N–H and O–H groups in total. The van der Waals surface area contributed by atoms with Crippen LogP contribution in [0.15, 0.2) is 18.2 Å². The van der Waals surface area contributed by atoms with Crippen LogP contribution in [0, 0.1) is 5.82 Å². The van der Waals surface area contributed by atoms with E-state index in [4.69, 9.17) is 5.73 Å². The third-order valence-electron chi connectivity index (χ3n) is 3.50. The molecule has 1 aromatic rings. The van der Waals surface area contributed by atoms with E-state index >= 15 is 0 Å². The van der Waals surface area contributed by atoms with Crippen LogP contribution in [0.25, 0.3) is 0 Å². The average Bonchev–Trinajstić information content (AvgIpc) is 2.92. The first-order valence-electron chi connectivity index (χ1n) is 6.58. The number of carbonyl (C=O) groups is 1. The maximum Gasteiger partial charge on any atom is 0.222 e. The highest BCUT2D eigenvalue weighted by Crippen LogP contribution is 2.23. The van der Waals surface area contributed by atoms with Gasteiger partial charge in [0.15, 0.2) is 0 Å². The fourth-order valence-corrected chi connectivity index (χ4v) is 2.32. The van der Waals surface area contributed by atoms with Crippen molar-refractivity contribution in [1.82, 2.24) is 4.90 Å². The second kappa shape index (κ2) is 6.02. The number of aliphatic hydroxyl groups excluding tert-OH is 1. The smallest absolute Gasteiger partial charge is 0.222 e. The lowest BCUT2D eigenvalue weighted by Crippen LogP contribution is -2.27. The molecule has 1 aliphatic rings. The number of hydrogen-bond acceptors (Lipinski definition) is 3. The zero-order valence-corrected chi connectivity index (χ0v) is 10.8. The minimum absolute atomic E-state index is 0.0161. The van der Waals surface area contributed by atoms with Crippen LogP contribution in [0.4, 0.5) is 10.1 Å². The summed E-state index contributed by atoms with van der Waals surface area (Å²) in [5.74, 6) is -0.421. The van der Waals surface area contributed by atoms with Gasteiger partial charge in [0, 0.05) is 19.5 Å². The molecule has 1 aliphatic heterocycles. The van der Waals surface area contributed by atoms with E-state index in [9.17, 15) is 14.3 Å². The van der Waals surface area contributed by atoms with E-state index in [1.807, 2.05) is 4.90 Å². The Hall–Kier alpha value is -1.62. The molecule has 1 aromatic carbocycles. The Labute approximate surface area is 112 Å². The molecule has 5 heteroatoms. The molecule has 4 nitrogen and oxygen atoms in total. The van der Waals surface area contributed by atoms with Crippen molar-refractivity contribution in [2.75, 3.05) is 18.8 Å². The molecule has 0 aromatic heterocycles. The fourth-order valence-electron chi connectivity index (χ4n) is 2.32. The van der Waals surface area contributed by atoms with Crippen LogP contribution in [0.5, 0.6) is 0 Å². The first kappa shape index (κ1) is 13.8. The first-order valence-corrected chi connectivity index (χ1v) is 6.58. The van der Waals surface area contributed by atoms with Crippen LogP contribution >= 0.6 is 0 Å². The van der Waals surface area contributed by atoms with Gasteiger partial charge in [0.1, 0.15) is 5.82 Å². The van der Waals surface area contributed by atoms with E-state index in [1.54, 1.807) is 0 Å². The van der Waals surface area contributed by atoms with E-state index in [0.29, 0.717) is 18.4 Å². The fraction of sp³-hybridized carbons (Fsp3) is 0.500. The number of hydrogen-bond donors (Lipinski definition) is 2. The number of aliphatic hydroxyl groups is 1. The number of anilines is 1. The van der Waals surface area contributed by atoms with Crippen LogP contribution < -0.4 is 5.73 Å². The van der Waals surface area contributed by atoms with Gasteiger partial charge in [0.2, 0.25) is 5.91 Å². The van der Waals surface area contributed by atoms with Gasteiger partial charge >= 0.3 is 0 Å². The van der Waals surface area contributed by atoms with Gasteiger partial charge in [-0.25, -0.2) is 4.39 Å². The summed E-state index contributed by atoms with van der Waals surface area (Å²) >= 11 is 0. The van der Waals surface area contributed by atoms with Crippen molar-refractivity contribution in [3.05, 3.63) is 29.6 Å². The van der Waals surface area contributed by atoms with Gasteiger partial charge in [-0.2, -0.15) is 0 Å². The molecule has 19 heavy (non-hydrogen) atoms. The van der Waals surface area contributed by atoms with E-state index < -0.39 is 11.9 Å². The van der Waals surface area contributed by atoms with Crippen molar-refractivity contribution in [2.45, 2.75) is 31.8 Å². The lowest BCUT2D eigenvalue weighted by atomic mass is 10.0. The number of benzene rings is 1. The molecule has 1 saturated heterocycles. The van der Waals surface area contributed by atoms with Gasteiger partial charge in [-0.3, -0.25) is 4.79 Å². The first-order chi connectivity index (χ1) is 9.08. The molecular formula is C14H19FN2O2. The number of nitrogen functional groups attached to an aromatic ring is 1. The molecule has 1 unspecified atom stereocenters. The van der Waals surface area contributed by atoms with Crippen molar-refractivity contribution in [1.29, 1.82) is 0 Å². The second-order valence-corrected chi connectivity index (χ2v) is 4.92. The van der Waals surface area contributed by atoms with Crippen LogP contribution in [0.1, 0.15) is 37.4 Å². The number of carbonyl (C=O) groups excluding carboxylic acids is 1. The quantitative estimate of drug-likeness (QED) is 0.817. The maximum absolute atomic E-state index is 13.0. The summed E-state index contributed by atoms with van der Waals surface area (Å²) in [6, 6.07) is 4.15. The van der Waals surface area contributed by atoms with Crippen LogP contribution in [0.2, 0.25) is 0 Å². The van der Waals surface area contributed by atoms with Crippen molar-refractivity contribution in [3.63, 3.8) is 0 Å². The summed E-state index contributed by atoms with van der Waals surface area (Å²) in [6.07, 6.45) is 1.97. The van der Waals surface area contributed by atoms with Gasteiger partial charge in [-0.15, -0.1) is 0 Å². The maximum atomic E-state index is 13.0. The molecule has 0 radical (unpaired) electrons. The number of halogens is 1. The largest absolute Gasteiger partial charge is 0.396 e. The molecule has 2 rings (SSSR count). The highest BCUT2D eigenvalue weighted by molar-refractivity contribution is 5.76. The molecule has 0 bridgehead atoms. The lowest BCUT2D eigenvalue weighted by Gasteiger charge is -2.17. The van der Waals surface area contributed by atoms with E-state index in [-0.39, 0.29) is 11.6 Å². The molecule has 0 saturated carbocycles. The molecule has 0 aliphatic carbocycles. The topological polar surface area (TPSA) is 66.6 Å². The minimum atomic E-state index is -0.783. The summed E-state index contributed by atoms with van der Waals surface area (Å²) in [6.45, 7) is 1.64. The Morgan fingerprint density at radius 2 is 2.11 bits per heavy atom. The Bertz CT molecular complexity index is 459. The summed E-state index contributed by atoms with van der Waals surface area (Å²) < 4.78 is 13.0. The number of rotatable bonds is 4. The molecular weight excluding hydrogens is 247 g/mol. The Morgan fingerprint density at radius 3 is 2.74 bits per heavy atom. The summed E-state index contributed by atoms with van der Waals surface area (Å²) in [5.41, 5.74) is 6.02. The monoisotopic (exact) mass is 266 g/mol. The zero-order chi connectivity index (χ0) is 13.8. The van der Waals surface area contributed by atoms with E-state index in [0.717, 1.165) is 25.9 Å². The number of nitrogens with zero attached hydrogens (tertiary/aromatic N) is 1. The summed E-state index contributed by atoms with van der Waals surface area (Å²) in [7, 11) is 0. The third kappa shape index (κ3) is 3.44. The highest BCUT2D eigenvalue weighted by Gasteiger charge is 2.19. The SMILES string of the molecule is Nc1cc(C(O)CCC(=O)N2CCCC2)ccc1F. The Morgan fingerprint density at radius 1 is 1.42 bits per heavy atom. The van der Waals surface area contributed by atoms with Gasteiger partial charge < -0.3 is 15.7 Å². The van der Waals surface area contributed by atoms with Crippen molar-refractivity contribution in [2.24, 2.45) is 0 Å². The molecule has 104 valence electrons. The van der Waals surface area contributed by atoms with Crippen molar-refractivity contribution < 1.29 is 14.3 Å². The zero-order valence-electron chi connectivity index (χ0n) is 10.8. The molecule has 1 fully saturated rings. The van der Waals surface area contributed by atoms with E-state index in [1.165, 1.54) is 18.2 Å². The Balaban J connectivity index is 1.88. The predicted octanol–water partition coefficient (Wildman–Crippen LogP) is 1.84. The number of amides is 1. The Kier molecular flexibility index (Phi) is 4.37. The molecule has 1 heterocycles. The van der Waals surface area contributed by atoms with Crippen LogP contribution in [0.3, 0.4) is 0 Å². The lowest BCUT2D eigenvalue weighted by molar-refractivity contribution is -0.130. The van der Waals surface area contributed by atoms with Crippen molar-refractivity contribution >= 4 is 11.6 Å². The predicted molar refractivity (Wildman–Crippen MR) is 70.8 cm³/mol. The highest BCUT2D eigenvalue weighted by atomic mass is 19.1. The van der Waals surface area contributed by atoms with Crippen LogP contribution in [-0.4, -0.2) is 29.0 Å². The normalized spacial score (nSPS) is 16.6. The van der Waals surface area contributed by atoms with E-state index in [2.05, 4.69) is 0 Å².